The zero-order chi connectivity index (χ0) is 6.24. The summed E-state index contributed by atoms with van der Waals surface area (Å²) in [6, 6.07) is 0. The van der Waals surface area contributed by atoms with Gasteiger partial charge in [-0.25, -0.2) is 0 Å². The van der Waals surface area contributed by atoms with E-state index in [1.165, 1.54) is 0 Å². The van der Waals surface area contributed by atoms with E-state index < -0.39 is 0 Å². The second-order valence-electron chi connectivity index (χ2n) is 1.59. The Balaban J connectivity index is 2.90. The SMILES string of the molecule is CC/C=C\CC[CH]=[Ni]. The summed E-state index contributed by atoms with van der Waals surface area (Å²) in [4.78, 5) is 1.82. The summed E-state index contributed by atoms with van der Waals surface area (Å²) < 4.78 is 0. The van der Waals surface area contributed by atoms with Crippen LogP contribution < -0.4 is 0 Å². The van der Waals surface area contributed by atoms with E-state index in [1.807, 2.05) is 4.99 Å². The maximum atomic E-state index is 4.39. The first-order valence-electron chi connectivity index (χ1n) is 2.95. The molecule has 1 heteroatoms. The second-order valence-corrected chi connectivity index (χ2v) is 1.99. The van der Waals surface area contributed by atoms with E-state index in [4.69, 9.17) is 0 Å². The molecule has 0 unspecified atom stereocenters. The molecule has 0 saturated heterocycles. The van der Waals surface area contributed by atoms with Gasteiger partial charge in [0.15, 0.2) is 0 Å². The third-order valence-corrected chi connectivity index (χ3v) is 1.11. The van der Waals surface area contributed by atoms with Gasteiger partial charge in [-0.15, -0.1) is 0 Å². The van der Waals surface area contributed by atoms with Crippen molar-refractivity contribution in [2.24, 2.45) is 0 Å². The molecule has 0 aliphatic rings. The van der Waals surface area contributed by atoms with Gasteiger partial charge in [0.05, 0.1) is 0 Å². The molecule has 0 atom stereocenters. The van der Waals surface area contributed by atoms with Crippen LogP contribution in [0, 0.1) is 0 Å². The third kappa shape index (κ3) is 6.10. The van der Waals surface area contributed by atoms with Crippen LogP contribution in [0.5, 0.6) is 0 Å². The molecule has 0 aliphatic carbocycles. The number of unbranched alkanes of at least 4 members (excludes halogenated alkanes) is 1. The molecule has 0 saturated carbocycles. The Labute approximate surface area is 58.9 Å². The van der Waals surface area contributed by atoms with Crippen molar-refractivity contribution in [2.75, 3.05) is 0 Å². The molecule has 0 nitrogen and oxygen atoms in total. The van der Waals surface area contributed by atoms with Crippen molar-refractivity contribution in [1.82, 2.24) is 0 Å². The summed E-state index contributed by atoms with van der Waals surface area (Å²) in [5.74, 6) is 0. The predicted molar refractivity (Wildman–Crippen MR) is 34.7 cm³/mol. The third-order valence-electron chi connectivity index (χ3n) is 0.827. The topological polar surface area (TPSA) is 0 Å². The maximum absolute atomic E-state index is 4.39. The molecule has 0 aliphatic heterocycles. The fourth-order valence-corrected chi connectivity index (χ4v) is 0.598. The molecule has 0 amide bonds. The van der Waals surface area contributed by atoms with E-state index in [0.717, 1.165) is 19.3 Å². The quantitative estimate of drug-likeness (QED) is 0.331. The van der Waals surface area contributed by atoms with Crippen molar-refractivity contribution in [2.45, 2.75) is 26.2 Å². The van der Waals surface area contributed by atoms with Gasteiger partial charge >= 0.3 is 58.4 Å². The standard InChI is InChI=1S/C7H12.Ni/c1-3-5-7-6-4-2;/h1,6-7H,3-5H2,2H3;/b7-6-;. The van der Waals surface area contributed by atoms with E-state index in [2.05, 4.69) is 34.1 Å². The first-order chi connectivity index (χ1) is 3.91. The monoisotopic (exact) mass is 154 g/mol. The van der Waals surface area contributed by atoms with E-state index in [-0.39, 0.29) is 0 Å². The van der Waals surface area contributed by atoms with Crippen LogP contribution in [0.3, 0.4) is 0 Å². The minimum absolute atomic E-state index is 1.05. The molecule has 0 aromatic rings. The molecule has 0 spiro atoms. The summed E-state index contributed by atoms with van der Waals surface area (Å²) >= 11 is 4.39. The Bertz CT molecular complexity index is 74.5. The zero-order valence-electron chi connectivity index (χ0n) is 5.17. The van der Waals surface area contributed by atoms with Crippen molar-refractivity contribution in [1.29, 1.82) is 0 Å². The van der Waals surface area contributed by atoms with Gasteiger partial charge in [0.2, 0.25) is 0 Å². The number of hydrogen-bond acceptors (Lipinski definition) is 0. The van der Waals surface area contributed by atoms with Crippen molar-refractivity contribution in [3.05, 3.63) is 12.2 Å². The zero-order valence-corrected chi connectivity index (χ0v) is 6.16. The molecule has 0 heterocycles. The summed E-state index contributed by atoms with van der Waals surface area (Å²) in [5.41, 5.74) is 0. The molecule has 0 N–H and O–H groups in total. The molecule has 0 radical (unpaired) electrons. The van der Waals surface area contributed by atoms with Gasteiger partial charge < -0.3 is 0 Å². The molecule has 0 aromatic heterocycles. The average molecular weight is 155 g/mol. The molecule has 8 heavy (non-hydrogen) atoms. The Morgan fingerprint density at radius 2 is 2.00 bits per heavy atom. The predicted octanol–water partition coefficient (Wildman–Crippen LogP) is 2.08. The average Bonchev–Trinajstić information content (AvgIpc) is 1.81. The van der Waals surface area contributed by atoms with Crippen LogP contribution in [0.25, 0.3) is 0 Å². The summed E-state index contributed by atoms with van der Waals surface area (Å²) in [6.07, 6.45) is 7.66. The van der Waals surface area contributed by atoms with Crippen molar-refractivity contribution in [3.63, 3.8) is 0 Å². The van der Waals surface area contributed by atoms with E-state index in [9.17, 15) is 0 Å². The molecule has 50 valence electrons. The van der Waals surface area contributed by atoms with Crippen LogP contribution in [0.2, 0.25) is 0 Å². The molecule has 0 fully saturated rings. The Morgan fingerprint density at radius 1 is 1.25 bits per heavy atom. The van der Waals surface area contributed by atoms with Crippen LogP contribution in [-0.4, -0.2) is 4.99 Å². The second kappa shape index (κ2) is 7.10. The Morgan fingerprint density at radius 3 is 2.50 bits per heavy atom. The molecule has 0 bridgehead atoms. The van der Waals surface area contributed by atoms with E-state index in [1.54, 1.807) is 0 Å². The van der Waals surface area contributed by atoms with Gasteiger partial charge in [0.25, 0.3) is 0 Å². The van der Waals surface area contributed by atoms with Crippen molar-refractivity contribution >= 4 is 4.99 Å². The van der Waals surface area contributed by atoms with Crippen LogP contribution in [-0.2, 0) is 15.0 Å². The fraction of sp³-hybridized carbons (Fsp3) is 0.571. The summed E-state index contributed by atoms with van der Waals surface area (Å²) in [5, 5.41) is 0. The van der Waals surface area contributed by atoms with Crippen molar-refractivity contribution < 1.29 is 15.0 Å². The Kier molecular flexibility index (Phi) is 7.20. The van der Waals surface area contributed by atoms with Gasteiger partial charge in [-0.1, -0.05) is 0 Å². The minimum atomic E-state index is 1.05. The molecule has 0 rings (SSSR count). The van der Waals surface area contributed by atoms with Crippen LogP contribution in [0.1, 0.15) is 26.2 Å². The fourth-order valence-electron chi connectivity index (χ4n) is 0.433. The van der Waals surface area contributed by atoms with Crippen molar-refractivity contribution in [3.8, 4) is 0 Å². The number of rotatable bonds is 4. The number of hydrogen-bond donors (Lipinski definition) is 0. The first-order valence-corrected chi connectivity index (χ1v) is 3.52. The molecular formula is C7H12Ni. The molecule has 0 aromatic carbocycles. The van der Waals surface area contributed by atoms with Crippen LogP contribution >= 0.6 is 0 Å². The van der Waals surface area contributed by atoms with Gasteiger partial charge in [-0.05, 0) is 0 Å². The van der Waals surface area contributed by atoms with Crippen LogP contribution in [0.15, 0.2) is 12.2 Å². The van der Waals surface area contributed by atoms with Crippen LogP contribution in [0.4, 0.5) is 0 Å². The normalized spacial score (nSPS) is 10.4. The van der Waals surface area contributed by atoms with Gasteiger partial charge in [-0.3, -0.25) is 0 Å². The van der Waals surface area contributed by atoms with Gasteiger partial charge in [-0.2, -0.15) is 0 Å². The van der Waals surface area contributed by atoms with Gasteiger partial charge in [0, 0.05) is 0 Å². The van der Waals surface area contributed by atoms with E-state index >= 15 is 0 Å². The Hall–Kier alpha value is 0.104. The number of allylic oxidation sites excluding steroid dienone is 2. The van der Waals surface area contributed by atoms with Gasteiger partial charge in [0.1, 0.15) is 0 Å². The first kappa shape index (κ1) is 8.10. The summed E-state index contributed by atoms with van der Waals surface area (Å²) in [6.45, 7) is 2.14. The van der Waals surface area contributed by atoms with E-state index in [0.29, 0.717) is 0 Å². The molecular weight excluding hydrogens is 143 g/mol. The summed E-state index contributed by atoms with van der Waals surface area (Å²) in [7, 11) is 0.